The standard InChI is InChI=1S/C28H40N8O5/c1-5-13-30-24-21(15-31-26(36-24)35-18-11-9-17(10-12-18)23(29)38)25(39)34-20-8-6-7-19(14-20)33-22(37)16-32-27(40)41-28(2,3)4/h9-12,15,19-20H,5-8,13-14,16H2,1-4H3,(H2,29,38)(H,32,40)(H,33,37)(H,34,39)(H2,30,31,35,36). The van der Waals surface area contributed by atoms with E-state index in [1.807, 2.05) is 6.92 Å². The van der Waals surface area contributed by atoms with Crippen molar-refractivity contribution in [2.24, 2.45) is 5.73 Å². The van der Waals surface area contributed by atoms with Crippen LogP contribution in [0.3, 0.4) is 0 Å². The van der Waals surface area contributed by atoms with Crippen molar-refractivity contribution in [1.82, 2.24) is 25.9 Å². The molecule has 7 N–H and O–H groups in total. The van der Waals surface area contributed by atoms with Gasteiger partial charge < -0.3 is 37.1 Å². The van der Waals surface area contributed by atoms with Crippen molar-refractivity contribution < 1.29 is 23.9 Å². The number of ether oxygens (including phenoxy) is 1. The fraction of sp³-hybridized carbons (Fsp3) is 0.500. The second-order valence-corrected chi connectivity index (χ2v) is 10.9. The molecule has 1 aliphatic rings. The molecular formula is C28H40N8O5. The zero-order valence-corrected chi connectivity index (χ0v) is 24.0. The van der Waals surface area contributed by atoms with Crippen molar-refractivity contribution >= 4 is 41.3 Å². The van der Waals surface area contributed by atoms with Crippen molar-refractivity contribution in [1.29, 1.82) is 0 Å². The minimum atomic E-state index is -0.654. The number of nitrogens with two attached hydrogens (primary N) is 1. The van der Waals surface area contributed by atoms with Gasteiger partial charge in [-0.3, -0.25) is 14.4 Å². The average molecular weight is 569 g/mol. The highest BCUT2D eigenvalue weighted by Crippen LogP contribution is 2.22. The molecule has 1 aromatic heterocycles. The summed E-state index contributed by atoms with van der Waals surface area (Å²) < 4.78 is 5.15. The van der Waals surface area contributed by atoms with Crippen LogP contribution in [0.1, 0.15) is 80.5 Å². The van der Waals surface area contributed by atoms with Gasteiger partial charge in [-0.15, -0.1) is 0 Å². The molecule has 1 aromatic carbocycles. The van der Waals surface area contributed by atoms with Gasteiger partial charge in [0.25, 0.3) is 5.91 Å². The second kappa shape index (κ2) is 14.3. The van der Waals surface area contributed by atoms with Crippen molar-refractivity contribution in [3.63, 3.8) is 0 Å². The molecule has 1 fully saturated rings. The first-order valence-corrected chi connectivity index (χ1v) is 13.8. The maximum Gasteiger partial charge on any atom is 0.408 e. The van der Waals surface area contributed by atoms with Crippen LogP contribution in [0.25, 0.3) is 0 Å². The Balaban J connectivity index is 1.58. The molecule has 2 atom stereocenters. The van der Waals surface area contributed by atoms with Crippen LogP contribution < -0.4 is 32.3 Å². The molecule has 1 saturated carbocycles. The van der Waals surface area contributed by atoms with Crippen molar-refractivity contribution in [2.75, 3.05) is 23.7 Å². The number of anilines is 3. The highest BCUT2D eigenvalue weighted by molar-refractivity contribution is 5.99. The fourth-order valence-electron chi connectivity index (χ4n) is 4.29. The summed E-state index contributed by atoms with van der Waals surface area (Å²) in [5.41, 5.74) is 5.99. The molecule has 0 saturated heterocycles. The first-order valence-electron chi connectivity index (χ1n) is 13.8. The zero-order valence-electron chi connectivity index (χ0n) is 24.0. The number of carbonyl (C=O) groups excluding carboxylic acids is 4. The van der Waals surface area contributed by atoms with Crippen LogP contribution in [0.15, 0.2) is 30.5 Å². The summed E-state index contributed by atoms with van der Waals surface area (Å²) >= 11 is 0. The molecule has 1 heterocycles. The van der Waals surface area contributed by atoms with Crippen molar-refractivity contribution in [2.45, 2.75) is 77.5 Å². The van der Waals surface area contributed by atoms with E-state index in [2.05, 4.69) is 36.6 Å². The highest BCUT2D eigenvalue weighted by Gasteiger charge is 2.26. The number of benzene rings is 1. The number of alkyl carbamates (subject to hydrolysis) is 1. The Kier molecular flexibility index (Phi) is 10.8. The predicted molar refractivity (Wildman–Crippen MR) is 155 cm³/mol. The van der Waals surface area contributed by atoms with E-state index in [9.17, 15) is 19.2 Å². The molecule has 222 valence electrons. The van der Waals surface area contributed by atoms with Crippen LogP contribution in [-0.2, 0) is 9.53 Å². The number of aromatic nitrogens is 2. The number of amides is 4. The molecule has 3 rings (SSSR count). The van der Waals surface area contributed by atoms with E-state index in [1.165, 1.54) is 6.20 Å². The van der Waals surface area contributed by atoms with Gasteiger partial charge in [-0.05, 0) is 77.1 Å². The summed E-state index contributed by atoms with van der Waals surface area (Å²) in [5.74, 6) is -0.475. The van der Waals surface area contributed by atoms with Gasteiger partial charge >= 0.3 is 6.09 Å². The van der Waals surface area contributed by atoms with Gasteiger partial charge in [0, 0.05) is 36.1 Å². The van der Waals surface area contributed by atoms with Crippen LogP contribution in [-0.4, -0.2) is 64.6 Å². The lowest BCUT2D eigenvalue weighted by Crippen LogP contribution is -2.48. The minimum Gasteiger partial charge on any atom is -0.444 e. The summed E-state index contributed by atoms with van der Waals surface area (Å²) in [6.45, 7) is 7.67. The number of nitrogens with one attached hydrogen (secondary N) is 5. The molecule has 41 heavy (non-hydrogen) atoms. The lowest BCUT2D eigenvalue weighted by molar-refractivity contribution is -0.121. The zero-order chi connectivity index (χ0) is 30.0. The fourth-order valence-corrected chi connectivity index (χ4v) is 4.29. The first kappa shape index (κ1) is 31.1. The molecule has 1 aliphatic carbocycles. The molecule has 0 bridgehead atoms. The van der Waals surface area contributed by atoms with Crippen LogP contribution in [0, 0.1) is 0 Å². The van der Waals surface area contributed by atoms with Crippen LogP contribution >= 0.6 is 0 Å². The predicted octanol–water partition coefficient (Wildman–Crippen LogP) is 2.82. The molecule has 2 unspecified atom stereocenters. The van der Waals surface area contributed by atoms with Crippen LogP contribution in [0.5, 0.6) is 0 Å². The molecule has 0 spiro atoms. The molecule has 0 radical (unpaired) electrons. The smallest absolute Gasteiger partial charge is 0.408 e. The van der Waals surface area contributed by atoms with Gasteiger partial charge in [-0.2, -0.15) is 4.98 Å². The Labute approximate surface area is 239 Å². The van der Waals surface area contributed by atoms with Gasteiger partial charge in [0.05, 0.1) is 0 Å². The lowest BCUT2D eigenvalue weighted by Gasteiger charge is -2.30. The normalized spacial score (nSPS) is 16.7. The SMILES string of the molecule is CCCNc1nc(Nc2ccc(C(N)=O)cc2)ncc1C(=O)NC1CCCC(NC(=O)CNC(=O)OC(C)(C)C)C1. The lowest BCUT2D eigenvalue weighted by atomic mass is 9.90. The topological polar surface area (TPSA) is 189 Å². The highest BCUT2D eigenvalue weighted by atomic mass is 16.6. The molecule has 0 aliphatic heterocycles. The van der Waals surface area contributed by atoms with E-state index in [1.54, 1.807) is 45.0 Å². The summed E-state index contributed by atoms with van der Waals surface area (Å²) in [5, 5.41) is 14.7. The Hall–Kier alpha value is -4.42. The third-order valence-electron chi connectivity index (χ3n) is 6.17. The number of hydrogen-bond acceptors (Lipinski definition) is 9. The Morgan fingerprint density at radius 3 is 2.37 bits per heavy atom. The van der Waals surface area contributed by atoms with E-state index in [0.29, 0.717) is 35.6 Å². The van der Waals surface area contributed by atoms with Gasteiger partial charge in [-0.1, -0.05) is 6.92 Å². The van der Waals surface area contributed by atoms with E-state index in [0.717, 1.165) is 25.7 Å². The minimum absolute atomic E-state index is 0.136. The molecule has 4 amide bonds. The Morgan fingerprint density at radius 2 is 1.73 bits per heavy atom. The third kappa shape index (κ3) is 10.2. The van der Waals surface area contributed by atoms with Gasteiger partial charge in [0.2, 0.25) is 17.8 Å². The first-order chi connectivity index (χ1) is 19.4. The number of carbonyl (C=O) groups is 4. The molecular weight excluding hydrogens is 528 g/mol. The van der Waals surface area contributed by atoms with E-state index in [-0.39, 0.29) is 36.4 Å². The summed E-state index contributed by atoms with van der Waals surface area (Å²) in [7, 11) is 0. The quantitative estimate of drug-likeness (QED) is 0.237. The van der Waals surface area contributed by atoms with Gasteiger partial charge in [-0.25, -0.2) is 9.78 Å². The third-order valence-corrected chi connectivity index (χ3v) is 6.17. The summed E-state index contributed by atoms with van der Waals surface area (Å²) in [4.78, 5) is 57.5. The monoisotopic (exact) mass is 568 g/mol. The number of rotatable bonds is 11. The average Bonchev–Trinajstić information content (AvgIpc) is 2.90. The number of hydrogen-bond donors (Lipinski definition) is 6. The van der Waals surface area contributed by atoms with Crippen LogP contribution in [0.2, 0.25) is 0 Å². The summed E-state index contributed by atoms with van der Waals surface area (Å²) in [6.07, 6.45) is 4.57. The largest absolute Gasteiger partial charge is 0.444 e. The summed E-state index contributed by atoms with van der Waals surface area (Å²) in [6, 6.07) is 6.29. The second-order valence-electron chi connectivity index (χ2n) is 10.9. The van der Waals surface area contributed by atoms with Gasteiger partial charge in [0.1, 0.15) is 23.5 Å². The van der Waals surface area contributed by atoms with E-state index in [4.69, 9.17) is 10.5 Å². The Bertz CT molecular complexity index is 1230. The van der Waals surface area contributed by atoms with Gasteiger partial charge in [0.15, 0.2) is 0 Å². The van der Waals surface area contributed by atoms with Crippen LogP contribution in [0.4, 0.5) is 22.2 Å². The Morgan fingerprint density at radius 1 is 1.05 bits per heavy atom. The molecule has 13 heteroatoms. The maximum absolute atomic E-state index is 13.2. The van der Waals surface area contributed by atoms with E-state index < -0.39 is 17.6 Å². The maximum atomic E-state index is 13.2. The number of nitrogens with zero attached hydrogens (tertiary/aromatic N) is 2. The van der Waals surface area contributed by atoms with Crippen molar-refractivity contribution in [3.8, 4) is 0 Å². The van der Waals surface area contributed by atoms with Crippen molar-refractivity contribution in [3.05, 3.63) is 41.6 Å². The molecule has 2 aromatic rings. The van der Waals surface area contributed by atoms with E-state index >= 15 is 0 Å². The molecule has 13 nitrogen and oxygen atoms in total. The number of primary amides is 1.